The van der Waals surface area contributed by atoms with Gasteiger partial charge in [-0.05, 0) is 56.7 Å². The van der Waals surface area contributed by atoms with E-state index in [0.29, 0.717) is 28.2 Å². The maximum absolute atomic E-state index is 12.5. The van der Waals surface area contributed by atoms with Gasteiger partial charge in [-0.25, -0.2) is 4.79 Å². The van der Waals surface area contributed by atoms with Crippen LogP contribution >= 0.6 is 0 Å². The largest absolute Gasteiger partial charge is 0.573 e. The van der Waals surface area contributed by atoms with Crippen molar-refractivity contribution in [3.8, 4) is 17.0 Å². The number of carbonyl (C=O) groups excluding carboxylic acids is 1. The van der Waals surface area contributed by atoms with Crippen molar-refractivity contribution in [3.63, 3.8) is 0 Å². The van der Waals surface area contributed by atoms with Crippen LogP contribution in [-0.4, -0.2) is 23.9 Å². The zero-order chi connectivity index (χ0) is 22.6. The molecule has 1 aromatic heterocycles. The average molecular weight is 430 g/mol. The number of anilines is 2. The molecule has 5 nitrogen and oxygen atoms in total. The summed E-state index contributed by atoms with van der Waals surface area (Å²) in [6.45, 7) is 5.68. The van der Waals surface area contributed by atoms with E-state index in [2.05, 4.69) is 15.0 Å². The van der Waals surface area contributed by atoms with Gasteiger partial charge in [0.25, 0.3) is 0 Å². The SMILES string of the molecule is CCOC(=O)c1cc(C)ccc1Nc1cnc(-c2cccc(OC(F)(F)F)c2)c(C)c1. The molecule has 3 aromatic rings. The van der Waals surface area contributed by atoms with Gasteiger partial charge in [0.15, 0.2) is 0 Å². The lowest BCUT2D eigenvalue weighted by Gasteiger charge is -2.14. The van der Waals surface area contributed by atoms with Crippen LogP contribution in [0.4, 0.5) is 24.5 Å². The van der Waals surface area contributed by atoms with Crippen molar-refractivity contribution in [3.05, 3.63) is 71.4 Å². The molecule has 0 spiro atoms. The minimum Gasteiger partial charge on any atom is -0.462 e. The molecule has 0 aliphatic heterocycles. The fraction of sp³-hybridized carbons (Fsp3) is 0.217. The fourth-order valence-corrected chi connectivity index (χ4v) is 3.09. The lowest BCUT2D eigenvalue weighted by atomic mass is 10.1. The van der Waals surface area contributed by atoms with Gasteiger partial charge in [0.1, 0.15) is 5.75 Å². The molecule has 0 atom stereocenters. The number of nitrogens with zero attached hydrogens (tertiary/aromatic N) is 1. The highest BCUT2D eigenvalue weighted by atomic mass is 19.4. The second-order valence-corrected chi connectivity index (χ2v) is 6.86. The summed E-state index contributed by atoms with van der Waals surface area (Å²) in [6, 6.07) is 12.8. The molecule has 1 heterocycles. The Balaban J connectivity index is 1.88. The number of benzene rings is 2. The summed E-state index contributed by atoms with van der Waals surface area (Å²) in [5.41, 5.74) is 4.26. The first-order valence-electron chi connectivity index (χ1n) is 9.54. The van der Waals surface area contributed by atoms with E-state index < -0.39 is 12.3 Å². The summed E-state index contributed by atoms with van der Waals surface area (Å²) in [5, 5.41) is 3.16. The molecule has 0 amide bonds. The van der Waals surface area contributed by atoms with E-state index in [-0.39, 0.29) is 12.4 Å². The third-order valence-corrected chi connectivity index (χ3v) is 4.37. The molecule has 0 saturated carbocycles. The van der Waals surface area contributed by atoms with Crippen LogP contribution in [0.3, 0.4) is 0 Å². The Bertz CT molecular complexity index is 1100. The van der Waals surface area contributed by atoms with Gasteiger partial charge in [0.05, 0.1) is 35.4 Å². The summed E-state index contributed by atoms with van der Waals surface area (Å²) in [5.74, 6) is -0.747. The van der Waals surface area contributed by atoms with Crippen LogP contribution in [0.2, 0.25) is 0 Å². The lowest BCUT2D eigenvalue weighted by molar-refractivity contribution is -0.274. The molecule has 3 rings (SSSR count). The predicted molar refractivity (Wildman–Crippen MR) is 112 cm³/mol. The standard InChI is InChI=1S/C23H21F3N2O3/c1-4-30-22(29)19-10-14(2)8-9-20(19)28-17-11-15(3)21(27-13-17)16-6-5-7-18(12-16)31-23(24,25)26/h5-13,28H,4H2,1-3H3. The number of alkyl halides is 3. The van der Waals surface area contributed by atoms with Gasteiger partial charge >= 0.3 is 12.3 Å². The quantitative estimate of drug-likeness (QED) is 0.473. The Morgan fingerprint density at radius 3 is 2.55 bits per heavy atom. The molecule has 1 N–H and O–H groups in total. The Hall–Kier alpha value is -3.55. The number of nitrogens with one attached hydrogen (secondary N) is 1. The lowest BCUT2D eigenvalue weighted by Crippen LogP contribution is -2.17. The first-order chi connectivity index (χ1) is 14.7. The van der Waals surface area contributed by atoms with Gasteiger partial charge in [-0.2, -0.15) is 0 Å². The molecule has 162 valence electrons. The van der Waals surface area contributed by atoms with E-state index in [4.69, 9.17) is 4.74 Å². The minimum atomic E-state index is -4.76. The van der Waals surface area contributed by atoms with E-state index in [0.717, 1.165) is 11.1 Å². The van der Waals surface area contributed by atoms with Crippen LogP contribution in [-0.2, 0) is 4.74 Å². The highest BCUT2D eigenvalue weighted by Crippen LogP contribution is 2.30. The zero-order valence-electron chi connectivity index (χ0n) is 17.2. The average Bonchev–Trinajstić information content (AvgIpc) is 2.68. The molecule has 0 unspecified atom stereocenters. The number of ether oxygens (including phenoxy) is 2. The van der Waals surface area contributed by atoms with Crippen LogP contribution in [0, 0.1) is 13.8 Å². The Morgan fingerprint density at radius 1 is 1.10 bits per heavy atom. The van der Waals surface area contributed by atoms with E-state index in [1.54, 1.807) is 44.3 Å². The van der Waals surface area contributed by atoms with Gasteiger partial charge in [-0.15, -0.1) is 13.2 Å². The predicted octanol–water partition coefficient (Wildman–Crippen LogP) is 6.18. The van der Waals surface area contributed by atoms with Crippen molar-refractivity contribution >= 4 is 17.3 Å². The first kappa shape index (κ1) is 22.1. The summed E-state index contributed by atoms with van der Waals surface area (Å²) in [6.07, 6.45) is -3.21. The van der Waals surface area contributed by atoms with E-state index in [9.17, 15) is 18.0 Å². The Labute approximate surface area is 177 Å². The molecule has 0 aliphatic carbocycles. The third-order valence-electron chi connectivity index (χ3n) is 4.37. The maximum atomic E-state index is 12.5. The fourth-order valence-electron chi connectivity index (χ4n) is 3.09. The summed E-state index contributed by atoms with van der Waals surface area (Å²) < 4.78 is 46.6. The number of hydrogen-bond donors (Lipinski definition) is 1. The van der Waals surface area contributed by atoms with Crippen LogP contribution in [0.5, 0.6) is 5.75 Å². The molecular formula is C23H21F3N2O3. The van der Waals surface area contributed by atoms with Crippen LogP contribution in [0.25, 0.3) is 11.3 Å². The molecule has 0 bridgehead atoms. The molecule has 31 heavy (non-hydrogen) atoms. The Morgan fingerprint density at radius 2 is 1.87 bits per heavy atom. The van der Waals surface area contributed by atoms with Gasteiger partial charge in [0.2, 0.25) is 0 Å². The number of halogens is 3. The summed E-state index contributed by atoms with van der Waals surface area (Å²) >= 11 is 0. The zero-order valence-corrected chi connectivity index (χ0v) is 17.2. The van der Waals surface area contributed by atoms with Crippen molar-refractivity contribution in [1.82, 2.24) is 4.98 Å². The van der Waals surface area contributed by atoms with Crippen LogP contribution in [0.1, 0.15) is 28.4 Å². The molecule has 0 fully saturated rings. The van der Waals surface area contributed by atoms with Gasteiger partial charge in [0, 0.05) is 5.56 Å². The van der Waals surface area contributed by atoms with Crippen molar-refractivity contribution in [2.75, 3.05) is 11.9 Å². The first-order valence-corrected chi connectivity index (χ1v) is 9.54. The highest BCUT2D eigenvalue weighted by Gasteiger charge is 2.31. The smallest absolute Gasteiger partial charge is 0.462 e. The number of hydrogen-bond acceptors (Lipinski definition) is 5. The van der Waals surface area contributed by atoms with Gasteiger partial charge < -0.3 is 14.8 Å². The van der Waals surface area contributed by atoms with E-state index in [1.807, 2.05) is 13.0 Å². The number of aromatic nitrogens is 1. The second kappa shape index (κ2) is 9.07. The third kappa shape index (κ3) is 5.75. The van der Waals surface area contributed by atoms with Crippen molar-refractivity contribution < 1.29 is 27.4 Å². The molecular weight excluding hydrogens is 409 g/mol. The van der Waals surface area contributed by atoms with Crippen molar-refractivity contribution in [1.29, 1.82) is 0 Å². The number of pyridine rings is 1. The van der Waals surface area contributed by atoms with E-state index >= 15 is 0 Å². The van der Waals surface area contributed by atoms with Gasteiger partial charge in [-0.1, -0.05) is 23.8 Å². The number of esters is 1. The van der Waals surface area contributed by atoms with Gasteiger partial charge in [-0.3, -0.25) is 4.98 Å². The molecule has 0 aliphatic rings. The number of aryl methyl sites for hydroxylation is 2. The summed E-state index contributed by atoms with van der Waals surface area (Å²) in [4.78, 5) is 16.7. The molecule has 2 aromatic carbocycles. The highest BCUT2D eigenvalue weighted by molar-refractivity contribution is 5.96. The molecule has 8 heteroatoms. The monoisotopic (exact) mass is 430 g/mol. The maximum Gasteiger partial charge on any atom is 0.573 e. The number of rotatable bonds is 6. The van der Waals surface area contributed by atoms with Crippen LogP contribution in [0.15, 0.2) is 54.7 Å². The molecule has 0 saturated heterocycles. The van der Waals surface area contributed by atoms with E-state index in [1.165, 1.54) is 18.2 Å². The second-order valence-electron chi connectivity index (χ2n) is 6.86. The number of carbonyl (C=O) groups is 1. The van der Waals surface area contributed by atoms with Crippen molar-refractivity contribution in [2.45, 2.75) is 27.1 Å². The Kier molecular flexibility index (Phi) is 6.48. The normalized spacial score (nSPS) is 11.2. The summed E-state index contributed by atoms with van der Waals surface area (Å²) in [7, 11) is 0. The minimum absolute atomic E-state index is 0.263. The van der Waals surface area contributed by atoms with Crippen molar-refractivity contribution in [2.24, 2.45) is 0 Å². The topological polar surface area (TPSA) is 60.5 Å². The van der Waals surface area contributed by atoms with Crippen LogP contribution < -0.4 is 10.1 Å². The molecule has 0 radical (unpaired) electrons.